The van der Waals surface area contributed by atoms with Gasteiger partial charge in [0.2, 0.25) is 5.95 Å². The number of nitrogens with one attached hydrogen (secondary N) is 1. The second-order valence-electron chi connectivity index (χ2n) is 4.89. The molecule has 100 valence electrons. The quantitative estimate of drug-likeness (QED) is 0.753. The molecule has 1 rings (SSSR count). The van der Waals surface area contributed by atoms with Gasteiger partial charge in [-0.05, 0) is 26.1 Å². The van der Waals surface area contributed by atoms with Crippen LogP contribution in [0.3, 0.4) is 0 Å². The van der Waals surface area contributed by atoms with E-state index < -0.39 is 0 Å². The smallest absolute Gasteiger partial charge is 0.223 e. The van der Waals surface area contributed by atoms with Gasteiger partial charge in [-0.1, -0.05) is 26.1 Å². The highest BCUT2D eigenvalue weighted by molar-refractivity contribution is 7.80. The lowest BCUT2D eigenvalue weighted by molar-refractivity contribution is 0.343. The van der Waals surface area contributed by atoms with Gasteiger partial charge in [-0.3, -0.25) is 0 Å². The fourth-order valence-electron chi connectivity index (χ4n) is 1.55. The molecule has 0 spiro atoms. The van der Waals surface area contributed by atoms with Gasteiger partial charge in [0, 0.05) is 18.8 Å². The molecule has 1 unspecified atom stereocenters. The molecule has 1 heterocycles. The van der Waals surface area contributed by atoms with Gasteiger partial charge in [-0.2, -0.15) is 0 Å². The Balaban J connectivity index is 2.80. The molecule has 3 N–H and O–H groups in total. The zero-order valence-electron chi connectivity index (χ0n) is 11.3. The summed E-state index contributed by atoms with van der Waals surface area (Å²) in [5, 5.41) is 3.33. The lowest BCUT2D eigenvalue weighted by atomic mass is 10.0. The summed E-state index contributed by atoms with van der Waals surface area (Å²) in [5.74, 6) is 1.05. The van der Waals surface area contributed by atoms with E-state index in [0.29, 0.717) is 17.6 Å². The van der Waals surface area contributed by atoms with Crippen LogP contribution in [0, 0.1) is 5.92 Å². The van der Waals surface area contributed by atoms with E-state index in [9.17, 15) is 0 Å². The Morgan fingerprint density at radius 3 is 2.67 bits per heavy atom. The molecule has 0 bridgehead atoms. The second kappa shape index (κ2) is 6.61. The number of nitrogens with two attached hydrogens (primary N) is 1. The summed E-state index contributed by atoms with van der Waals surface area (Å²) in [5.41, 5.74) is 6.15. The summed E-state index contributed by atoms with van der Waals surface area (Å²) in [6.45, 7) is 5.25. The van der Waals surface area contributed by atoms with Crippen LogP contribution in [0.25, 0.3) is 0 Å². The summed E-state index contributed by atoms with van der Waals surface area (Å²) in [6.07, 6.45) is 1.66. The molecule has 5 nitrogen and oxygen atoms in total. The molecule has 1 atom stereocenters. The van der Waals surface area contributed by atoms with Crippen molar-refractivity contribution in [2.75, 3.05) is 26.0 Å². The third kappa shape index (κ3) is 4.54. The largest absolute Gasteiger partial charge is 0.388 e. The number of aromatic nitrogens is 2. The molecule has 1 aromatic heterocycles. The van der Waals surface area contributed by atoms with Gasteiger partial charge >= 0.3 is 0 Å². The molecule has 0 saturated heterocycles. The lowest BCUT2D eigenvalue weighted by Crippen LogP contribution is -2.37. The number of nitrogens with zero attached hydrogens (tertiary/aromatic N) is 3. The minimum Gasteiger partial charge on any atom is -0.388 e. The molecule has 0 amide bonds. The number of hydrogen-bond acceptors (Lipinski definition) is 5. The molecular formula is C12H21N5S. The van der Waals surface area contributed by atoms with E-state index in [1.54, 1.807) is 12.3 Å². The minimum atomic E-state index is 0.279. The van der Waals surface area contributed by atoms with Crippen LogP contribution in [0.1, 0.15) is 19.5 Å². The zero-order valence-corrected chi connectivity index (χ0v) is 12.2. The Bertz CT molecular complexity index is 405. The molecule has 0 saturated carbocycles. The Labute approximate surface area is 114 Å². The van der Waals surface area contributed by atoms with Gasteiger partial charge in [-0.15, -0.1) is 0 Å². The molecule has 18 heavy (non-hydrogen) atoms. The summed E-state index contributed by atoms with van der Waals surface area (Å²) in [4.78, 5) is 10.9. The first-order valence-corrected chi connectivity index (χ1v) is 6.35. The van der Waals surface area contributed by atoms with E-state index in [0.717, 1.165) is 6.54 Å². The minimum absolute atomic E-state index is 0.279. The Morgan fingerprint density at radius 2 is 2.17 bits per heavy atom. The maximum atomic E-state index is 5.56. The maximum absolute atomic E-state index is 5.56. The van der Waals surface area contributed by atoms with E-state index in [4.69, 9.17) is 18.0 Å². The van der Waals surface area contributed by atoms with Crippen LogP contribution in [0.2, 0.25) is 0 Å². The SMILES string of the molecule is CC(C)C(CN(C)C)Nc1nccc(C(N)=S)n1. The molecule has 6 heteroatoms. The summed E-state index contributed by atoms with van der Waals surface area (Å²) in [6, 6.07) is 1.99. The topological polar surface area (TPSA) is 67.1 Å². The molecule has 0 radical (unpaired) electrons. The van der Waals surface area contributed by atoms with Crippen molar-refractivity contribution in [3.63, 3.8) is 0 Å². The number of hydrogen-bond donors (Lipinski definition) is 2. The lowest BCUT2D eigenvalue weighted by Gasteiger charge is -2.25. The number of rotatable bonds is 6. The van der Waals surface area contributed by atoms with Crippen molar-refractivity contribution in [2.24, 2.45) is 11.7 Å². The number of thiocarbonyl (C=S) groups is 1. The molecular weight excluding hydrogens is 246 g/mol. The fourth-order valence-corrected chi connectivity index (χ4v) is 1.66. The average molecular weight is 267 g/mol. The van der Waals surface area contributed by atoms with Gasteiger partial charge in [0.15, 0.2) is 0 Å². The van der Waals surface area contributed by atoms with E-state index in [2.05, 4.69) is 34.0 Å². The van der Waals surface area contributed by atoms with Crippen LogP contribution in [-0.4, -0.2) is 46.5 Å². The highest BCUT2D eigenvalue weighted by atomic mass is 32.1. The maximum Gasteiger partial charge on any atom is 0.223 e. The van der Waals surface area contributed by atoms with Gasteiger partial charge in [0.25, 0.3) is 0 Å². The van der Waals surface area contributed by atoms with E-state index in [-0.39, 0.29) is 11.0 Å². The normalized spacial score (nSPS) is 12.8. The molecule has 0 aliphatic carbocycles. The van der Waals surface area contributed by atoms with Crippen LogP contribution in [0.4, 0.5) is 5.95 Å². The van der Waals surface area contributed by atoms with Crippen molar-refractivity contribution in [1.29, 1.82) is 0 Å². The Kier molecular flexibility index (Phi) is 5.43. The van der Waals surface area contributed by atoms with Crippen LogP contribution < -0.4 is 11.1 Å². The first-order valence-electron chi connectivity index (χ1n) is 5.94. The van der Waals surface area contributed by atoms with E-state index in [1.807, 2.05) is 14.1 Å². The summed E-state index contributed by atoms with van der Waals surface area (Å²) in [7, 11) is 4.09. The molecule has 1 aromatic rings. The average Bonchev–Trinajstić information content (AvgIpc) is 2.27. The monoisotopic (exact) mass is 267 g/mol. The van der Waals surface area contributed by atoms with Crippen molar-refractivity contribution in [1.82, 2.24) is 14.9 Å². The van der Waals surface area contributed by atoms with Gasteiger partial charge in [0.05, 0.1) is 0 Å². The standard InChI is InChI=1S/C12H21N5S/c1-8(2)10(7-17(3)4)16-12-14-6-5-9(15-12)11(13)18/h5-6,8,10H,7H2,1-4H3,(H2,13,18)(H,14,15,16). The second-order valence-corrected chi connectivity index (χ2v) is 5.33. The summed E-state index contributed by atoms with van der Waals surface area (Å²) < 4.78 is 0. The Hall–Kier alpha value is -1.27. The number of anilines is 1. The van der Waals surface area contributed by atoms with Crippen molar-refractivity contribution in [2.45, 2.75) is 19.9 Å². The third-order valence-electron chi connectivity index (χ3n) is 2.59. The van der Waals surface area contributed by atoms with Crippen molar-refractivity contribution < 1.29 is 0 Å². The predicted molar refractivity (Wildman–Crippen MR) is 78.7 cm³/mol. The fraction of sp³-hybridized carbons (Fsp3) is 0.583. The van der Waals surface area contributed by atoms with Crippen LogP contribution >= 0.6 is 12.2 Å². The van der Waals surface area contributed by atoms with Crippen LogP contribution in [-0.2, 0) is 0 Å². The van der Waals surface area contributed by atoms with Crippen molar-refractivity contribution >= 4 is 23.2 Å². The first kappa shape index (κ1) is 14.8. The predicted octanol–water partition coefficient (Wildman–Crippen LogP) is 1.11. The highest BCUT2D eigenvalue weighted by Gasteiger charge is 2.15. The van der Waals surface area contributed by atoms with Crippen molar-refractivity contribution in [3.05, 3.63) is 18.0 Å². The molecule has 0 aromatic carbocycles. The zero-order chi connectivity index (χ0) is 13.7. The summed E-state index contributed by atoms with van der Waals surface area (Å²) >= 11 is 4.91. The molecule has 0 aliphatic heterocycles. The highest BCUT2D eigenvalue weighted by Crippen LogP contribution is 2.09. The third-order valence-corrected chi connectivity index (χ3v) is 2.80. The number of likely N-dealkylation sites (N-methyl/N-ethyl adjacent to an activating group) is 1. The van der Waals surface area contributed by atoms with Crippen molar-refractivity contribution in [3.8, 4) is 0 Å². The van der Waals surface area contributed by atoms with Gasteiger partial charge in [0.1, 0.15) is 10.7 Å². The van der Waals surface area contributed by atoms with Crippen LogP contribution in [0.15, 0.2) is 12.3 Å². The van der Waals surface area contributed by atoms with Crippen LogP contribution in [0.5, 0.6) is 0 Å². The van der Waals surface area contributed by atoms with E-state index >= 15 is 0 Å². The first-order chi connectivity index (χ1) is 8.40. The molecule has 0 fully saturated rings. The Morgan fingerprint density at radius 1 is 1.50 bits per heavy atom. The molecule has 0 aliphatic rings. The van der Waals surface area contributed by atoms with Gasteiger partial charge in [-0.25, -0.2) is 9.97 Å². The van der Waals surface area contributed by atoms with Gasteiger partial charge < -0.3 is 16.0 Å². The van der Waals surface area contributed by atoms with E-state index in [1.165, 1.54) is 0 Å².